The first-order chi connectivity index (χ1) is 9.15. The van der Waals surface area contributed by atoms with Gasteiger partial charge in [-0.2, -0.15) is 0 Å². The summed E-state index contributed by atoms with van der Waals surface area (Å²) in [6.45, 7) is 11.4. The zero-order valence-electron chi connectivity index (χ0n) is 13.2. The van der Waals surface area contributed by atoms with Gasteiger partial charge in [0.2, 0.25) is 0 Å². The summed E-state index contributed by atoms with van der Waals surface area (Å²) in [4.78, 5) is 0. The molecular formula is C18H31N. The maximum atomic E-state index is 3.60. The van der Waals surface area contributed by atoms with E-state index < -0.39 is 0 Å². The second-order valence-corrected chi connectivity index (χ2v) is 6.08. The molecule has 0 bridgehead atoms. The van der Waals surface area contributed by atoms with Gasteiger partial charge in [0.15, 0.2) is 0 Å². The summed E-state index contributed by atoms with van der Waals surface area (Å²) in [7, 11) is 0. The van der Waals surface area contributed by atoms with E-state index in [1.807, 2.05) is 0 Å². The largest absolute Gasteiger partial charge is 0.316 e. The van der Waals surface area contributed by atoms with Gasteiger partial charge in [0.25, 0.3) is 0 Å². The Kier molecular flexibility index (Phi) is 7.81. The Morgan fingerprint density at radius 3 is 2.47 bits per heavy atom. The maximum absolute atomic E-state index is 3.60. The highest BCUT2D eigenvalue weighted by Gasteiger charge is 2.13. The van der Waals surface area contributed by atoms with E-state index in [4.69, 9.17) is 0 Å². The molecule has 0 aliphatic rings. The van der Waals surface area contributed by atoms with Crippen LogP contribution in [-0.4, -0.2) is 13.1 Å². The lowest BCUT2D eigenvalue weighted by molar-refractivity contribution is 0.479. The summed E-state index contributed by atoms with van der Waals surface area (Å²) < 4.78 is 0. The first kappa shape index (κ1) is 16.2. The van der Waals surface area contributed by atoms with Crippen LogP contribution in [0, 0.1) is 12.8 Å². The molecule has 0 heterocycles. The molecule has 1 aromatic rings. The van der Waals surface area contributed by atoms with Crippen molar-refractivity contribution in [1.82, 2.24) is 5.32 Å². The third kappa shape index (κ3) is 6.24. The van der Waals surface area contributed by atoms with Crippen molar-refractivity contribution in [2.45, 2.75) is 59.3 Å². The number of benzene rings is 1. The summed E-state index contributed by atoms with van der Waals surface area (Å²) >= 11 is 0. The minimum Gasteiger partial charge on any atom is -0.316 e. The van der Waals surface area contributed by atoms with Crippen LogP contribution in [0.25, 0.3) is 0 Å². The van der Waals surface area contributed by atoms with Crippen molar-refractivity contribution >= 4 is 0 Å². The van der Waals surface area contributed by atoms with E-state index in [9.17, 15) is 0 Å². The molecule has 1 heteroatoms. The number of rotatable bonds is 9. The topological polar surface area (TPSA) is 12.0 Å². The first-order valence-corrected chi connectivity index (χ1v) is 7.91. The fourth-order valence-corrected chi connectivity index (χ4v) is 2.64. The molecule has 108 valence electrons. The Balaban J connectivity index is 2.60. The van der Waals surface area contributed by atoms with Gasteiger partial charge in [-0.05, 0) is 49.3 Å². The molecule has 0 fully saturated rings. The van der Waals surface area contributed by atoms with E-state index in [0.29, 0.717) is 5.92 Å². The molecule has 0 aromatic heterocycles. The third-order valence-electron chi connectivity index (χ3n) is 3.78. The number of hydrogen-bond donors (Lipinski definition) is 1. The predicted molar refractivity (Wildman–Crippen MR) is 85.8 cm³/mol. The smallest absolute Gasteiger partial charge is 0.00202 e. The Labute approximate surface area is 119 Å². The zero-order chi connectivity index (χ0) is 14.1. The van der Waals surface area contributed by atoms with Gasteiger partial charge in [-0.1, -0.05) is 57.9 Å². The van der Waals surface area contributed by atoms with Crippen molar-refractivity contribution in [3.63, 3.8) is 0 Å². The Hall–Kier alpha value is -0.820. The maximum Gasteiger partial charge on any atom is 0.00202 e. The van der Waals surface area contributed by atoms with Crippen LogP contribution in [0.5, 0.6) is 0 Å². The van der Waals surface area contributed by atoms with Gasteiger partial charge in [0.05, 0.1) is 0 Å². The van der Waals surface area contributed by atoms with Gasteiger partial charge in [-0.3, -0.25) is 0 Å². The van der Waals surface area contributed by atoms with Crippen LogP contribution in [0.15, 0.2) is 24.3 Å². The van der Waals surface area contributed by atoms with Crippen LogP contribution in [0.3, 0.4) is 0 Å². The Morgan fingerprint density at radius 1 is 1.11 bits per heavy atom. The van der Waals surface area contributed by atoms with E-state index in [-0.39, 0.29) is 0 Å². The lowest BCUT2D eigenvalue weighted by Gasteiger charge is -2.20. The van der Waals surface area contributed by atoms with Gasteiger partial charge < -0.3 is 5.32 Å². The second kappa shape index (κ2) is 9.14. The Morgan fingerprint density at radius 2 is 1.84 bits per heavy atom. The molecule has 1 nitrogen and oxygen atoms in total. The molecule has 1 aromatic carbocycles. The van der Waals surface area contributed by atoms with Crippen molar-refractivity contribution in [3.8, 4) is 0 Å². The second-order valence-electron chi connectivity index (χ2n) is 6.08. The fraction of sp³-hybridized carbons (Fsp3) is 0.667. The van der Waals surface area contributed by atoms with Gasteiger partial charge in [-0.15, -0.1) is 0 Å². The van der Waals surface area contributed by atoms with Crippen LogP contribution in [0.1, 0.15) is 63.5 Å². The highest BCUT2D eigenvalue weighted by Crippen LogP contribution is 2.25. The number of nitrogens with one attached hydrogen (secondary N) is 1. The summed E-state index contributed by atoms with van der Waals surface area (Å²) in [5.74, 6) is 1.49. The van der Waals surface area contributed by atoms with Crippen LogP contribution in [-0.2, 0) is 0 Å². The lowest BCUT2D eigenvalue weighted by Crippen LogP contribution is -2.23. The standard InChI is InChI=1S/C18H31N/c1-5-13-19-14-17(11-8-9-15(2)3)18-12-7-6-10-16(18)4/h6-7,10,12,15,17,19H,5,8-9,11,13-14H2,1-4H3. The van der Waals surface area contributed by atoms with Crippen molar-refractivity contribution in [2.75, 3.05) is 13.1 Å². The SMILES string of the molecule is CCCNCC(CCCC(C)C)c1ccccc1C. The molecule has 0 saturated heterocycles. The quantitative estimate of drug-likeness (QED) is 0.623. The summed E-state index contributed by atoms with van der Waals surface area (Å²) in [6, 6.07) is 8.87. The summed E-state index contributed by atoms with van der Waals surface area (Å²) in [5, 5.41) is 3.60. The van der Waals surface area contributed by atoms with Gasteiger partial charge in [-0.25, -0.2) is 0 Å². The normalized spacial score (nSPS) is 12.9. The molecule has 0 spiro atoms. The molecule has 19 heavy (non-hydrogen) atoms. The van der Waals surface area contributed by atoms with Crippen molar-refractivity contribution in [2.24, 2.45) is 5.92 Å². The van der Waals surface area contributed by atoms with Crippen LogP contribution in [0.2, 0.25) is 0 Å². The predicted octanol–water partition coefficient (Wildman–Crippen LogP) is 4.90. The zero-order valence-corrected chi connectivity index (χ0v) is 13.2. The van der Waals surface area contributed by atoms with Gasteiger partial charge in [0.1, 0.15) is 0 Å². The molecule has 0 amide bonds. The molecule has 1 unspecified atom stereocenters. The van der Waals surface area contributed by atoms with E-state index in [1.54, 1.807) is 0 Å². The van der Waals surface area contributed by atoms with Crippen molar-refractivity contribution in [1.29, 1.82) is 0 Å². The van der Waals surface area contributed by atoms with Gasteiger partial charge >= 0.3 is 0 Å². The molecule has 0 saturated carbocycles. The van der Waals surface area contributed by atoms with E-state index >= 15 is 0 Å². The lowest BCUT2D eigenvalue weighted by atomic mass is 9.89. The van der Waals surface area contributed by atoms with E-state index in [0.717, 1.165) is 19.0 Å². The summed E-state index contributed by atoms with van der Waals surface area (Å²) in [5.41, 5.74) is 2.98. The van der Waals surface area contributed by atoms with Crippen LogP contribution < -0.4 is 5.32 Å². The number of aryl methyl sites for hydroxylation is 1. The Bertz CT molecular complexity index is 343. The molecule has 0 radical (unpaired) electrons. The van der Waals surface area contributed by atoms with E-state index in [1.165, 1.54) is 36.8 Å². The first-order valence-electron chi connectivity index (χ1n) is 7.91. The average molecular weight is 261 g/mol. The number of hydrogen-bond acceptors (Lipinski definition) is 1. The minimum absolute atomic E-state index is 0.673. The van der Waals surface area contributed by atoms with Crippen LogP contribution in [0.4, 0.5) is 0 Å². The van der Waals surface area contributed by atoms with Crippen molar-refractivity contribution < 1.29 is 0 Å². The fourth-order valence-electron chi connectivity index (χ4n) is 2.64. The van der Waals surface area contributed by atoms with E-state index in [2.05, 4.69) is 57.3 Å². The highest BCUT2D eigenvalue weighted by atomic mass is 14.8. The monoisotopic (exact) mass is 261 g/mol. The molecule has 0 aliphatic heterocycles. The summed E-state index contributed by atoms with van der Waals surface area (Å²) in [6.07, 6.45) is 5.20. The molecule has 1 N–H and O–H groups in total. The molecule has 1 rings (SSSR count). The van der Waals surface area contributed by atoms with Crippen molar-refractivity contribution in [3.05, 3.63) is 35.4 Å². The molecule has 0 aliphatic carbocycles. The average Bonchev–Trinajstić information content (AvgIpc) is 2.37. The minimum atomic E-state index is 0.673. The van der Waals surface area contributed by atoms with Gasteiger partial charge in [0, 0.05) is 6.54 Å². The molecule has 1 atom stereocenters. The third-order valence-corrected chi connectivity index (χ3v) is 3.78. The molecular weight excluding hydrogens is 230 g/mol. The highest BCUT2D eigenvalue weighted by molar-refractivity contribution is 5.29. The van der Waals surface area contributed by atoms with Crippen LogP contribution >= 0.6 is 0 Å².